The van der Waals surface area contributed by atoms with Gasteiger partial charge in [-0.15, -0.1) is 0 Å². The molecule has 0 spiro atoms. The van der Waals surface area contributed by atoms with Crippen LogP contribution in [0, 0.1) is 13.8 Å². The quantitative estimate of drug-likeness (QED) is 0.273. The minimum absolute atomic E-state index is 0.336. The van der Waals surface area contributed by atoms with Crippen molar-refractivity contribution >= 4 is 0 Å². The molecule has 188 valence electrons. The van der Waals surface area contributed by atoms with Crippen LogP contribution >= 0.6 is 0 Å². The first-order chi connectivity index (χ1) is 16.9. The molecule has 1 atom stereocenters. The van der Waals surface area contributed by atoms with E-state index < -0.39 is 5.60 Å². The third-order valence-corrected chi connectivity index (χ3v) is 7.23. The number of ether oxygens (including phenoxy) is 2. The molecule has 3 aromatic carbocycles. The number of hydrogen-bond donors (Lipinski definition) is 1. The van der Waals surface area contributed by atoms with E-state index in [0.29, 0.717) is 32.0 Å². The number of aliphatic hydroxyl groups is 1. The van der Waals surface area contributed by atoms with Crippen molar-refractivity contribution in [3.63, 3.8) is 0 Å². The molecule has 35 heavy (non-hydrogen) atoms. The van der Waals surface area contributed by atoms with E-state index in [-0.39, 0.29) is 0 Å². The highest BCUT2D eigenvalue weighted by atomic mass is 16.5. The van der Waals surface area contributed by atoms with Crippen LogP contribution in [0.4, 0.5) is 0 Å². The van der Waals surface area contributed by atoms with Crippen molar-refractivity contribution in [2.24, 2.45) is 0 Å². The predicted molar refractivity (Wildman–Crippen MR) is 146 cm³/mol. The Morgan fingerprint density at radius 3 is 2.06 bits per heavy atom. The summed E-state index contributed by atoms with van der Waals surface area (Å²) in [6.45, 7) is 11.4. The van der Waals surface area contributed by atoms with Crippen LogP contribution in [0.25, 0.3) is 0 Å². The lowest BCUT2D eigenvalue weighted by molar-refractivity contribution is -0.0115. The van der Waals surface area contributed by atoms with Crippen LogP contribution in [0.15, 0.2) is 66.7 Å². The number of aryl methyl sites for hydroxylation is 3. The molecule has 0 heterocycles. The van der Waals surface area contributed by atoms with Crippen molar-refractivity contribution in [2.45, 2.75) is 84.8 Å². The molecular formula is C32H42O3. The number of hydrogen-bond acceptors (Lipinski definition) is 3. The van der Waals surface area contributed by atoms with E-state index >= 15 is 0 Å². The molecule has 0 bridgehead atoms. The molecule has 0 aliphatic heterocycles. The van der Waals surface area contributed by atoms with Crippen molar-refractivity contribution in [3.05, 3.63) is 94.5 Å². The lowest BCUT2D eigenvalue weighted by Crippen LogP contribution is -2.34. The van der Waals surface area contributed by atoms with Crippen LogP contribution in [-0.4, -0.2) is 17.3 Å². The fourth-order valence-corrected chi connectivity index (χ4v) is 4.47. The lowest BCUT2D eigenvalue weighted by atomic mass is 9.89. The molecule has 0 amide bonds. The van der Waals surface area contributed by atoms with Crippen molar-refractivity contribution in [1.82, 2.24) is 0 Å². The molecule has 3 nitrogen and oxygen atoms in total. The molecule has 3 aromatic rings. The fourth-order valence-electron chi connectivity index (χ4n) is 4.47. The van der Waals surface area contributed by atoms with Crippen molar-refractivity contribution in [1.29, 1.82) is 0 Å². The van der Waals surface area contributed by atoms with Crippen molar-refractivity contribution in [3.8, 4) is 11.5 Å². The molecule has 0 radical (unpaired) electrons. The first-order valence-corrected chi connectivity index (χ1v) is 13.1. The van der Waals surface area contributed by atoms with Gasteiger partial charge in [0, 0.05) is 0 Å². The van der Waals surface area contributed by atoms with Gasteiger partial charge in [-0.3, -0.25) is 0 Å². The Morgan fingerprint density at radius 1 is 0.771 bits per heavy atom. The van der Waals surface area contributed by atoms with Gasteiger partial charge in [-0.2, -0.15) is 0 Å². The maximum absolute atomic E-state index is 10.5. The standard InChI is InChI=1S/C32H42O3/c1-6-28(29-17-19-30(25(5)21-29)34-22-27-12-10-9-11-13-27)16-14-26-15-18-31(24(4)20-26)35-23-32(33,7-2)8-3/h9-13,15,17-21,28,33H,6-8,14,16,22-23H2,1-5H3. The fraction of sp³-hybridized carbons (Fsp3) is 0.438. The summed E-state index contributed by atoms with van der Waals surface area (Å²) in [5.41, 5.74) is 5.45. The highest BCUT2D eigenvalue weighted by Crippen LogP contribution is 2.30. The molecule has 0 aromatic heterocycles. The van der Waals surface area contributed by atoms with E-state index in [4.69, 9.17) is 9.47 Å². The molecule has 3 rings (SSSR count). The Kier molecular flexibility index (Phi) is 9.80. The van der Waals surface area contributed by atoms with Gasteiger partial charge in [0.05, 0.1) is 5.60 Å². The number of benzene rings is 3. The summed E-state index contributed by atoms with van der Waals surface area (Å²) in [5, 5.41) is 10.5. The van der Waals surface area contributed by atoms with Crippen LogP contribution in [-0.2, 0) is 13.0 Å². The summed E-state index contributed by atoms with van der Waals surface area (Å²) in [7, 11) is 0. The molecule has 0 saturated heterocycles. The van der Waals surface area contributed by atoms with Gasteiger partial charge in [-0.1, -0.05) is 75.4 Å². The van der Waals surface area contributed by atoms with Crippen LogP contribution < -0.4 is 9.47 Å². The maximum atomic E-state index is 10.5. The summed E-state index contributed by atoms with van der Waals surface area (Å²) in [5.74, 6) is 2.33. The summed E-state index contributed by atoms with van der Waals surface area (Å²) in [6.07, 6.45) is 4.62. The van der Waals surface area contributed by atoms with Gasteiger partial charge in [0.25, 0.3) is 0 Å². The normalized spacial score (nSPS) is 12.4. The summed E-state index contributed by atoms with van der Waals surface area (Å²) >= 11 is 0. The highest BCUT2D eigenvalue weighted by Gasteiger charge is 2.23. The first kappa shape index (κ1) is 26.8. The highest BCUT2D eigenvalue weighted by molar-refractivity contribution is 5.39. The molecule has 0 aliphatic rings. The van der Waals surface area contributed by atoms with E-state index in [1.165, 1.54) is 22.3 Å². The van der Waals surface area contributed by atoms with Crippen LogP contribution in [0.3, 0.4) is 0 Å². The van der Waals surface area contributed by atoms with E-state index in [0.717, 1.165) is 36.3 Å². The molecule has 0 saturated carbocycles. The Morgan fingerprint density at radius 2 is 1.43 bits per heavy atom. The van der Waals surface area contributed by atoms with E-state index in [1.807, 2.05) is 32.0 Å². The van der Waals surface area contributed by atoms with Gasteiger partial charge < -0.3 is 14.6 Å². The van der Waals surface area contributed by atoms with Gasteiger partial charge in [0.2, 0.25) is 0 Å². The Hall–Kier alpha value is -2.78. The molecule has 3 heteroatoms. The molecule has 0 aliphatic carbocycles. The zero-order chi connectivity index (χ0) is 25.3. The van der Waals surface area contributed by atoms with E-state index in [1.54, 1.807) is 0 Å². The van der Waals surface area contributed by atoms with E-state index in [2.05, 4.69) is 69.3 Å². The second-order valence-corrected chi connectivity index (χ2v) is 9.76. The van der Waals surface area contributed by atoms with Crippen molar-refractivity contribution < 1.29 is 14.6 Å². The van der Waals surface area contributed by atoms with Gasteiger partial charge in [-0.25, -0.2) is 0 Å². The Labute approximate surface area is 212 Å². The van der Waals surface area contributed by atoms with Crippen molar-refractivity contribution in [2.75, 3.05) is 6.61 Å². The van der Waals surface area contributed by atoms with Crippen LogP contribution in [0.1, 0.15) is 80.2 Å². The monoisotopic (exact) mass is 474 g/mol. The zero-order valence-electron chi connectivity index (χ0n) is 22.1. The maximum Gasteiger partial charge on any atom is 0.122 e. The topological polar surface area (TPSA) is 38.7 Å². The molecule has 1 unspecified atom stereocenters. The van der Waals surface area contributed by atoms with Crippen LogP contribution in [0.5, 0.6) is 11.5 Å². The zero-order valence-corrected chi connectivity index (χ0v) is 22.1. The second kappa shape index (κ2) is 12.8. The molecule has 0 fully saturated rings. The van der Waals surface area contributed by atoms with Crippen LogP contribution in [0.2, 0.25) is 0 Å². The van der Waals surface area contributed by atoms with Gasteiger partial charge in [0.15, 0.2) is 0 Å². The molecular weight excluding hydrogens is 432 g/mol. The van der Waals surface area contributed by atoms with Gasteiger partial charge >= 0.3 is 0 Å². The summed E-state index contributed by atoms with van der Waals surface area (Å²) < 4.78 is 12.0. The Bertz CT molecular complexity index is 1050. The third kappa shape index (κ3) is 7.60. The SMILES string of the molecule is CCC(CCc1ccc(OCC(O)(CC)CC)c(C)c1)c1ccc(OCc2ccccc2)c(C)c1. The average molecular weight is 475 g/mol. The minimum Gasteiger partial charge on any atom is -0.490 e. The Balaban J connectivity index is 1.58. The predicted octanol–water partition coefficient (Wildman–Crippen LogP) is 7.94. The minimum atomic E-state index is -0.750. The third-order valence-electron chi connectivity index (χ3n) is 7.23. The smallest absolute Gasteiger partial charge is 0.122 e. The van der Waals surface area contributed by atoms with Gasteiger partial charge in [-0.05, 0) is 91.8 Å². The first-order valence-electron chi connectivity index (χ1n) is 13.1. The van der Waals surface area contributed by atoms with Gasteiger partial charge in [0.1, 0.15) is 24.7 Å². The summed E-state index contributed by atoms with van der Waals surface area (Å²) in [6, 6.07) is 23.4. The van der Waals surface area contributed by atoms with E-state index in [9.17, 15) is 5.11 Å². The molecule has 1 N–H and O–H groups in total. The lowest BCUT2D eigenvalue weighted by Gasteiger charge is -2.25. The second-order valence-electron chi connectivity index (χ2n) is 9.76. The average Bonchev–Trinajstić information content (AvgIpc) is 2.88. The number of rotatable bonds is 13. The largest absolute Gasteiger partial charge is 0.490 e. The summed E-state index contributed by atoms with van der Waals surface area (Å²) in [4.78, 5) is 0.